The van der Waals surface area contributed by atoms with Crippen LogP contribution < -0.4 is 30.9 Å². The maximum absolute atomic E-state index is 14.0. The highest BCUT2D eigenvalue weighted by atomic mass is 19.4. The second-order valence-electron chi connectivity index (χ2n) is 20.1. The van der Waals surface area contributed by atoms with E-state index in [1.54, 1.807) is 48.6 Å². The molecule has 2 amide bonds. The van der Waals surface area contributed by atoms with Crippen molar-refractivity contribution >= 4 is 46.3 Å². The Labute approximate surface area is 399 Å². The fourth-order valence-corrected chi connectivity index (χ4v) is 10.6. The number of nitrogens with one attached hydrogen (secondary N) is 2. The smallest absolute Gasteiger partial charge is 0.392 e. The number of piperazine rings is 1. The summed E-state index contributed by atoms with van der Waals surface area (Å²) in [5.41, 5.74) is 3.83. The van der Waals surface area contributed by atoms with Crippen LogP contribution in [-0.2, 0) is 43.3 Å². The van der Waals surface area contributed by atoms with Crippen LogP contribution in [0.15, 0.2) is 78.4 Å². The van der Waals surface area contributed by atoms with Crippen molar-refractivity contribution in [2.45, 2.75) is 97.1 Å². The van der Waals surface area contributed by atoms with Gasteiger partial charge in [-0.2, -0.15) is 13.2 Å². The van der Waals surface area contributed by atoms with Gasteiger partial charge in [0.1, 0.15) is 22.7 Å². The molecule has 364 valence electrons. The number of piperidine rings is 1. The van der Waals surface area contributed by atoms with Crippen molar-refractivity contribution in [2.24, 2.45) is 12.5 Å². The van der Waals surface area contributed by atoms with Gasteiger partial charge in [0.15, 0.2) is 5.82 Å². The van der Waals surface area contributed by atoms with Gasteiger partial charge < -0.3 is 34.7 Å². The van der Waals surface area contributed by atoms with Crippen LogP contribution >= 0.6 is 0 Å². The van der Waals surface area contributed by atoms with Crippen molar-refractivity contribution in [3.63, 3.8) is 0 Å². The topological polar surface area (TPSA) is 157 Å². The molecule has 0 spiro atoms. The summed E-state index contributed by atoms with van der Waals surface area (Å²) in [5, 5.41) is 17.0. The summed E-state index contributed by atoms with van der Waals surface area (Å²) < 4.78 is 45.0. The Morgan fingerprint density at radius 1 is 0.986 bits per heavy atom. The monoisotopic (exact) mass is 947 g/mol. The quantitative estimate of drug-likeness (QED) is 0.115. The zero-order chi connectivity index (χ0) is 49.2. The number of hydrogen-bond acceptors (Lipinski definition) is 11. The van der Waals surface area contributed by atoms with Crippen LogP contribution in [0.25, 0.3) is 11.3 Å². The summed E-state index contributed by atoms with van der Waals surface area (Å²) in [4.78, 5) is 62.8. The van der Waals surface area contributed by atoms with E-state index in [-0.39, 0.29) is 28.9 Å². The molecule has 0 unspecified atom stereocenters. The van der Waals surface area contributed by atoms with Gasteiger partial charge in [0, 0.05) is 99.8 Å². The molecule has 15 nitrogen and oxygen atoms in total. The van der Waals surface area contributed by atoms with Crippen LogP contribution in [0.5, 0.6) is 0 Å². The molecule has 7 heterocycles. The van der Waals surface area contributed by atoms with Crippen LogP contribution in [0.1, 0.15) is 80.5 Å². The largest absolute Gasteiger partial charge is 0.399 e. The van der Waals surface area contributed by atoms with Crippen molar-refractivity contribution in [3.8, 4) is 11.3 Å². The molecule has 0 bridgehead atoms. The van der Waals surface area contributed by atoms with Crippen LogP contribution in [0.2, 0.25) is 0 Å². The van der Waals surface area contributed by atoms with Gasteiger partial charge in [-0.1, -0.05) is 26.5 Å². The zero-order valence-electron chi connectivity index (χ0n) is 40.0. The summed E-state index contributed by atoms with van der Waals surface area (Å²) in [6.45, 7) is 16.7. The molecule has 1 atom stereocenters. The number of aliphatic hydroxyl groups is 1. The van der Waals surface area contributed by atoms with Crippen molar-refractivity contribution < 1.29 is 27.9 Å². The minimum absolute atomic E-state index is 0.00564. The molecule has 18 heteroatoms. The Balaban J connectivity index is 0.906. The molecule has 4 aliphatic rings. The lowest BCUT2D eigenvalue weighted by Gasteiger charge is -2.47. The normalized spacial score (nSPS) is 18.8. The van der Waals surface area contributed by atoms with E-state index in [4.69, 9.17) is 4.98 Å². The molecule has 3 N–H and O–H groups in total. The highest BCUT2D eigenvalue weighted by molar-refractivity contribution is 6.06. The van der Waals surface area contributed by atoms with Crippen molar-refractivity contribution in [3.05, 3.63) is 112 Å². The van der Waals surface area contributed by atoms with E-state index in [0.717, 1.165) is 58.3 Å². The second kappa shape index (κ2) is 18.1. The van der Waals surface area contributed by atoms with Crippen molar-refractivity contribution in [1.29, 1.82) is 0 Å². The number of hydrogen-bond donors (Lipinski definition) is 3. The average Bonchev–Trinajstić information content (AvgIpc) is 3.82. The Bertz CT molecular complexity index is 2880. The number of carbonyl (C=O) groups is 2. The van der Waals surface area contributed by atoms with E-state index >= 15 is 0 Å². The Morgan fingerprint density at radius 3 is 2.46 bits per heavy atom. The summed E-state index contributed by atoms with van der Waals surface area (Å²) in [5.74, 6) is 0.328. The van der Waals surface area contributed by atoms with Gasteiger partial charge in [-0.3, -0.25) is 24.2 Å². The maximum Gasteiger partial charge on any atom is 0.399 e. The van der Waals surface area contributed by atoms with Crippen LogP contribution in [0.3, 0.4) is 0 Å². The number of benzene rings is 1. The molecule has 2 fully saturated rings. The van der Waals surface area contributed by atoms with Gasteiger partial charge in [-0.05, 0) is 106 Å². The van der Waals surface area contributed by atoms with Gasteiger partial charge >= 0.3 is 6.18 Å². The van der Waals surface area contributed by atoms with Gasteiger partial charge in [0.2, 0.25) is 5.91 Å². The van der Waals surface area contributed by atoms with E-state index in [0.29, 0.717) is 84.3 Å². The van der Waals surface area contributed by atoms with Gasteiger partial charge in [0.05, 0.1) is 29.4 Å². The van der Waals surface area contributed by atoms with E-state index in [2.05, 4.69) is 67.2 Å². The third-order valence-electron chi connectivity index (χ3n) is 14.5. The molecular formula is C51H60F3N11O4. The number of fused-ring (bicyclic) bond motifs is 3. The Hall–Kier alpha value is -6.53. The SMILES string of the molecule is C=CC(=O)Nc1cc(Nc2nc(-c3ccnc(N4CCn5c(cc6c5CC(C)(C)C6)C4=O)c3CO)cn(C)c2=O)ccc1N1CCN(C2CCN(c3cccc(C(C)(C)C(F)(F)F)n3)CC2)C[C@@H]1C. The predicted octanol–water partition coefficient (Wildman–Crippen LogP) is 7.20. The Kier molecular flexibility index (Phi) is 12.5. The fourth-order valence-electron chi connectivity index (χ4n) is 10.6. The van der Waals surface area contributed by atoms with E-state index < -0.39 is 29.7 Å². The molecule has 1 aliphatic carbocycles. The highest BCUT2D eigenvalue weighted by Gasteiger charge is 2.50. The lowest BCUT2D eigenvalue weighted by Crippen LogP contribution is -2.57. The average molecular weight is 948 g/mol. The number of rotatable bonds is 11. The van der Waals surface area contributed by atoms with Gasteiger partial charge in [0.25, 0.3) is 11.5 Å². The third-order valence-corrected chi connectivity index (χ3v) is 14.5. The number of anilines is 6. The first-order valence-electron chi connectivity index (χ1n) is 23.6. The number of carbonyl (C=O) groups excluding carboxylic acids is 2. The number of amides is 2. The molecule has 0 saturated carbocycles. The van der Waals surface area contributed by atoms with Crippen LogP contribution in [0.4, 0.5) is 47.7 Å². The first kappa shape index (κ1) is 47.5. The highest BCUT2D eigenvalue weighted by Crippen LogP contribution is 2.42. The first-order valence-corrected chi connectivity index (χ1v) is 23.6. The third kappa shape index (κ3) is 8.99. The summed E-state index contributed by atoms with van der Waals surface area (Å²) in [6, 6.07) is 14.4. The lowest BCUT2D eigenvalue weighted by molar-refractivity contribution is -0.181. The molecule has 5 aromatic rings. The summed E-state index contributed by atoms with van der Waals surface area (Å²) in [6.07, 6.45) is 3.45. The second-order valence-corrected chi connectivity index (χ2v) is 20.1. The van der Waals surface area contributed by atoms with Crippen molar-refractivity contribution in [2.75, 3.05) is 64.6 Å². The standard InChI is InChI=1S/C51H60F3N11O4/c1-8-44(67)57-37-25-33(12-13-39(37)63-21-20-62(28-31(63)2)34-15-18-61(19-16-34)43-11-9-10-42(59-43)50(5,6)51(52,53)54)56-45-48(69)60(7)29-38(58-45)35-14-17-55-46(36(35)30-66)65-23-22-64-40(47(65)68)24-32-26-49(3,4)27-41(32)64/h8-14,17,24-25,29,31,34,66H,1,15-16,18-23,26-28,30H2,2-7H3,(H,56,58)(H,57,67)/t31-/m0/s1. The van der Waals surface area contributed by atoms with E-state index in [9.17, 15) is 32.7 Å². The number of aryl methyl sites for hydroxylation is 1. The van der Waals surface area contributed by atoms with E-state index in [1.165, 1.54) is 28.0 Å². The van der Waals surface area contributed by atoms with Crippen molar-refractivity contribution in [1.82, 2.24) is 29.0 Å². The molecule has 9 rings (SSSR count). The fraction of sp³-hybridized carbons (Fsp3) is 0.451. The number of aliphatic hydroxyl groups excluding tert-OH is 1. The zero-order valence-corrected chi connectivity index (χ0v) is 40.0. The van der Waals surface area contributed by atoms with Crippen LogP contribution in [0, 0.1) is 5.41 Å². The number of nitrogens with zero attached hydrogens (tertiary/aromatic N) is 9. The number of aromatic nitrogens is 5. The summed E-state index contributed by atoms with van der Waals surface area (Å²) in [7, 11) is 1.61. The van der Waals surface area contributed by atoms with Crippen LogP contribution in [-0.4, -0.2) is 103 Å². The number of alkyl halides is 3. The minimum atomic E-state index is -4.42. The molecular weight excluding hydrogens is 888 g/mol. The number of halogens is 3. The molecule has 4 aromatic heterocycles. The molecule has 1 aromatic carbocycles. The maximum atomic E-state index is 14.0. The molecule has 2 saturated heterocycles. The summed E-state index contributed by atoms with van der Waals surface area (Å²) >= 11 is 0. The number of pyridine rings is 2. The minimum Gasteiger partial charge on any atom is -0.392 e. The lowest BCUT2D eigenvalue weighted by atomic mass is 9.88. The molecule has 0 radical (unpaired) electrons. The molecule has 3 aliphatic heterocycles. The Morgan fingerprint density at radius 2 is 1.75 bits per heavy atom. The predicted molar refractivity (Wildman–Crippen MR) is 261 cm³/mol. The van der Waals surface area contributed by atoms with Gasteiger partial charge in [-0.25, -0.2) is 15.0 Å². The first-order chi connectivity index (χ1) is 32.8. The van der Waals surface area contributed by atoms with E-state index in [1.807, 2.05) is 18.2 Å². The molecule has 69 heavy (non-hydrogen) atoms. The van der Waals surface area contributed by atoms with Gasteiger partial charge in [-0.15, -0.1) is 0 Å².